The number of carbonyl (C=O) groups excluding carboxylic acids is 1. The molecule has 124 valence electrons. The highest BCUT2D eigenvalue weighted by molar-refractivity contribution is 5.81. The van der Waals surface area contributed by atoms with Crippen molar-refractivity contribution in [2.24, 2.45) is 0 Å². The molecule has 0 aliphatic rings. The van der Waals surface area contributed by atoms with Crippen molar-refractivity contribution in [2.45, 2.75) is 32.9 Å². The molecule has 6 heteroatoms. The Morgan fingerprint density at radius 3 is 2.83 bits per heavy atom. The first-order valence-corrected chi connectivity index (χ1v) is 7.56. The van der Waals surface area contributed by atoms with Gasteiger partial charge in [0.1, 0.15) is 11.4 Å². The minimum absolute atomic E-state index is 0.283. The van der Waals surface area contributed by atoms with Gasteiger partial charge in [-0.2, -0.15) is 0 Å². The van der Waals surface area contributed by atoms with Gasteiger partial charge < -0.3 is 15.4 Å². The van der Waals surface area contributed by atoms with Crippen LogP contribution >= 0.6 is 0 Å². The number of ether oxygens (including phenoxy) is 1. The van der Waals surface area contributed by atoms with Crippen LogP contribution in [0.5, 0.6) is 0 Å². The molecule has 1 aromatic carbocycles. The third-order valence-electron chi connectivity index (χ3n) is 3.03. The van der Waals surface area contributed by atoms with E-state index in [0.29, 0.717) is 19.6 Å². The number of rotatable bonds is 5. The van der Waals surface area contributed by atoms with Crippen molar-refractivity contribution in [2.75, 3.05) is 13.1 Å². The standard InChI is InChI=1S/C17H22FN3O2/c1-17(2,3)23-16(22)21-8-7-19-11-13-10-14(18)9-12-5-4-6-20-15(12)13/h4-6,9-10,19H,7-8,11H2,1-3H3,(H,21,22). The van der Waals surface area contributed by atoms with E-state index in [1.807, 2.05) is 26.8 Å². The van der Waals surface area contributed by atoms with Crippen LogP contribution in [0.1, 0.15) is 26.3 Å². The zero-order valence-electron chi connectivity index (χ0n) is 13.6. The Balaban J connectivity index is 1.82. The quantitative estimate of drug-likeness (QED) is 0.832. The maximum atomic E-state index is 13.6. The third-order valence-corrected chi connectivity index (χ3v) is 3.03. The second kappa shape index (κ2) is 7.37. The molecule has 0 saturated heterocycles. The van der Waals surface area contributed by atoms with Gasteiger partial charge in [-0.05, 0) is 44.5 Å². The van der Waals surface area contributed by atoms with E-state index in [1.54, 1.807) is 12.3 Å². The molecule has 2 N–H and O–H groups in total. The number of nitrogens with one attached hydrogen (secondary N) is 2. The van der Waals surface area contributed by atoms with Gasteiger partial charge in [-0.3, -0.25) is 4.98 Å². The average Bonchev–Trinajstić information content (AvgIpc) is 2.44. The minimum atomic E-state index is -0.510. The summed E-state index contributed by atoms with van der Waals surface area (Å²) >= 11 is 0. The Morgan fingerprint density at radius 1 is 1.30 bits per heavy atom. The molecule has 23 heavy (non-hydrogen) atoms. The molecule has 2 rings (SSSR count). The van der Waals surface area contributed by atoms with Crippen LogP contribution in [-0.4, -0.2) is 29.8 Å². The van der Waals surface area contributed by atoms with Crippen LogP contribution in [0.15, 0.2) is 30.5 Å². The Morgan fingerprint density at radius 2 is 2.09 bits per heavy atom. The average molecular weight is 319 g/mol. The fraction of sp³-hybridized carbons (Fsp3) is 0.412. The summed E-state index contributed by atoms with van der Waals surface area (Å²) in [4.78, 5) is 15.8. The summed E-state index contributed by atoms with van der Waals surface area (Å²) < 4.78 is 18.7. The first-order valence-electron chi connectivity index (χ1n) is 7.56. The van der Waals surface area contributed by atoms with Crippen molar-refractivity contribution >= 4 is 17.0 Å². The maximum Gasteiger partial charge on any atom is 0.407 e. The molecule has 1 aromatic heterocycles. The minimum Gasteiger partial charge on any atom is -0.444 e. The molecule has 0 unspecified atom stereocenters. The molecule has 0 aliphatic heterocycles. The van der Waals surface area contributed by atoms with E-state index in [1.165, 1.54) is 12.1 Å². The lowest BCUT2D eigenvalue weighted by atomic mass is 10.1. The van der Waals surface area contributed by atoms with Crippen molar-refractivity contribution in [3.05, 3.63) is 41.8 Å². The number of alkyl carbamates (subject to hydrolysis) is 1. The largest absolute Gasteiger partial charge is 0.444 e. The van der Waals surface area contributed by atoms with Gasteiger partial charge in [0.05, 0.1) is 5.52 Å². The van der Waals surface area contributed by atoms with E-state index in [-0.39, 0.29) is 5.82 Å². The summed E-state index contributed by atoms with van der Waals surface area (Å²) in [6.07, 6.45) is 1.24. The van der Waals surface area contributed by atoms with Crippen LogP contribution in [0.4, 0.5) is 9.18 Å². The highest BCUT2D eigenvalue weighted by Crippen LogP contribution is 2.18. The Bertz CT molecular complexity index is 683. The van der Waals surface area contributed by atoms with Crippen LogP contribution in [0, 0.1) is 5.82 Å². The van der Waals surface area contributed by atoms with Crippen molar-refractivity contribution in [1.82, 2.24) is 15.6 Å². The lowest BCUT2D eigenvalue weighted by molar-refractivity contribution is 0.0528. The molecular weight excluding hydrogens is 297 g/mol. The molecule has 0 bridgehead atoms. The van der Waals surface area contributed by atoms with Gasteiger partial charge in [-0.15, -0.1) is 0 Å². The number of fused-ring (bicyclic) bond motifs is 1. The highest BCUT2D eigenvalue weighted by Gasteiger charge is 2.15. The van der Waals surface area contributed by atoms with Gasteiger partial charge in [-0.1, -0.05) is 6.07 Å². The predicted molar refractivity (Wildman–Crippen MR) is 87.6 cm³/mol. The van der Waals surface area contributed by atoms with Gasteiger partial charge in [0.15, 0.2) is 0 Å². The van der Waals surface area contributed by atoms with E-state index in [9.17, 15) is 9.18 Å². The summed E-state index contributed by atoms with van der Waals surface area (Å²) in [6, 6.07) is 6.56. The van der Waals surface area contributed by atoms with E-state index >= 15 is 0 Å². The molecule has 1 amide bonds. The number of carbonyl (C=O) groups is 1. The second-order valence-electron chi connectivity index (χ2n) is 6.25. The fourth-order valence-electron chi connectivity index (χ4n) is 2.15. The van der Waals surface area contributed by atoms with Gasteiger partial charge in [0.2, 0.25) is 0 Å². The smallest absolute Gasteiger partial charge is 0.407 e. The van der Waals surface area contributed by atoms with Crippen molar-refractivity contribution in [3.63, 3.8) is 0 Å². The molecule has 0 spiro atoms. The van der Waals surface area contributed by atoms with Crippen molar-refractivity contribution in [1.29, 1.82) is 0 Å². The summed E-state index contributed by atoms with van der Waals surface area (Å²) in [7, 11) is 0. The lowest BCUT2D eigenvalue weighted by Gasteiger charge is -2.19. The Kier molecular flexibility index (Phi) is 5.50. The number of aromatic nitrogens is 1. The molecule has 0 atom stereocenters. The summed E-state index contributed by atoms with van der Waals surface area (Å²) in [5.74, 6) is -0.283. The van der Waals surface area contributed by atoms with Crippen LogP contribution in [0.2, 0.25) is 0 Å². The Hall–Kier alpha value is -2.21. The molecular formula is C17H22FN3O2. The third kappa shape index (κ3) is 5.49. The SMILES string of the molecule is CC(C)(C)OC(=O)NCCNCc1cc(F)cc2cccnc12. The highest BCUT2D eigenvalue weighted by atomic mass is 19.1. The van der Waals surface area contributed by atoms with Gasteiger partial charge in [-0.25, -0.2) is 9.18 Å². The van der Waals surface area contributed by atoms with E-state index in [4.69, 9.17) is 4.74 Å². The molecule has 0 aliphatic carbocycles. The summed E-state index contributed by atoms with van der Waals surface area (Å²) in [5, 5.41) is 6.60. The molecule has 0 fully saturated rings. The number of hydrogen-bond acceptors (Lipinski definition) is 4. The monoisotopic (exact) mass is 319 g/mol. The first-order chi connectivity index (χ1) is 10.8. The van der Waals surface area contributed by atoms with Gasteiger partial charge in [0, 0.05) is 31.2 Å². The molecule has 0 radical (unpaired) electrons. The summed E-state index contributed by atoms with van der Waals surface area (Å²) in [5.41, 5.74) is 1.06. The molecule has 2 aromatic rings. The number of benzene rings is 1. The Labute approximate surface area is 135 Å². The van der Waals surface area contributed by atoms with Crippen molar-refractivity contribution in [3.8, 4) is 0 Å². The number of halogens is 1. The topological polar surface area (TPSA) is 63.2 Å². The van der Waals surface area contributed by atoms with E-state index < -0.39 is 11.7 Å². The first kappa shape index (κ1) is 17.1. The number of amides is 1. The van der Waals surface area contributed by atoms with Gasteiger partial charge in [0.25, 0.3) is 0 Å². The van der Waals surface area contributed by atoms with Crippen LogP contribution in [-0.2, 0) is 11.3 Å². The normalized spacial score (nSPS) is 11.5. The van der Waals surface area contributed by atoms with E-state index in [2.05, 4.69) is 15.6 Å². The fourth-order valence-corrected chi connectivity index (χ4v) is 2.15. The zero-order valence-corrected chi connectivity index (χ0v) is 13.6. The lowest BCUT2D eigenvalue weighted by Crippen LogP contribution is -2.36. The molecule has 5 nitrogen and oxygen atoms in total. The van der Waals surface area contributed by atoms with E-state index in [0.717, 1.165) is 16.5 Å². The summed E-state index contributed by atoms with van der Waals surface area (Å²) in [6.45, 7) is 6.88. The van der Waals surface area contributed by atoms with Crippen LogP contribution in [0.3, 0.4) is 0 Å². The second-order valence-corrected chi connectivity index (χ2v) is 6.25. The van der Waals surface area contributed by atoms with Crippen molar-refractivity contribution < 1.29 is 13.9 Å². The zero-order chi connectivity index (χ0) is 16.9. The van der Waals surface area contributed by atoms with Crippen LogP contribution in [0.25, 0.3) is 10.9 Å². The number of pyridine rings is 1. The molecule has 1 heterocycles. The number of hydrogen-bond donors (Lipinski definition) is 2. The van der Waals surface area contributed by atoms with Crippen LogP contribution < -0.4 is 10.6 Å². The number of nitrogens with zero attached hydrogens (tertiary/aromatic N) is 1. The predicted octanol–water partition coefficient (Wildman–Crippen LogP) is 2.99. The maximum absolute atomic E-state index is 13.6. The van der Waals surface area contributed by atoms with Gasteiger partial charge >= 0.3 is 6.09 Å². The molecule has 0 saturated carbocycles.